The van der Waals surface area contributed by atoms with Crippen molar-refractivity contribution < 1.29 is 19.1 Å². The van der Waals surface area contributed by atoms with Crippen LogP contribution in [0, 0.1) is 5.41 Å². The Morgan fingerprint density at radius 1 is 1.22 bits per heavy atom. The first kappa shape index (κ1) is 21.3. The first-order valence-electron chi connectivity index (χ1n) is 11.5. The van der Waals surface area contributed by atoms with Crippen LogP contribution in [0.2, 0.25) is 0 Å². The van der Waals surface area contributed by atoms with Gasteiger partial charge in [0, 0.05) is 59.2 Å². The van der Waals surface area contributed by atoms with Crippen LogP contribution in [0.5, 0.6) is 0 Å². The van der Waals surface area contributed by atoms with Crippen LogP contribution in [0.15, 0.2) is 18.6 Å². The van der Waals surface area contributed by atoms with Gasteiger partial charge in [-0.05, 0) is 38.2 Å². The molecule has 0 saturated carbocycles. The lowest BCUT2D eigenvalue weighted by atomic mass is 9.71. The first-order chi connectivity index (χ1) is 15.5. The SMILES string of the molecule is COC1CN(C)C(=O)C2(CCN(C(=O)c3cnc4c(c3)ncn4C3CCOCC3)CC2)C1. The molecule has 9 nitrogen and oxygen atoms in total. The number of ether oxygens (including phenoxy) is 2. The van der Waals surface area contributed by atoms with Crippen molar-refractivity contribution in [3.63, 3.8) is 0 Å². The van der Waals surface area contributed by atoms with Gasteiger partial charge in [-0.25, -0.2) is 9.97 Å². The maximum Gasteiger partial charge on any atom is 0.255 e. The molecule has 2 aromatic rings. The molecule has 1 atom stereocenters. The van der Waals surface area contributed by atoms with E-state index in [1.54, 1.807) is 18.2 Å². The zero-order valence-electron chi connectivity index (χ0n) is 18.8. The molecule has 172 valence electrons. The molecule has 3 aliphatic rings. The molecule has 0 N–H and O–H groups in total. The summed E-state index contributed by atoms with van der Waals surface area (Å²) in [4.78, 5) is 38.9. The van der Waals surface area contributed by atoms with Gasteiger partial charge in [-0.2, -0.15) is 0 Å². The third-order valence-corrected chi connectivity index (χ3v) is 7.48. The Morgan fingerprint density at radius 3 is 2.69 bits per heavy atom. The number of methoxy groups -OCH3 is 1. The van der Waals surface area contributed by atoms with Gasteiger partial charge in [0.1, 0.15) is 5.52 Å². The van der Waals surface area contributed by atoms with Crippen molar-refractivity contribution in [2.45, 2.75) is 44.2 Å². The fraction of sp³-hybridized carbons (Fsp3) is 0.652. The van der Waals surface area contributed by atoms with E-state index in [0.29, 0.717) is 44.1 Å². The van der Waals surface area contributed by atoms with E-state index in [-0.39, 0.29) is 17.9 Å². The summed E-state index contributed by atoms with van der Waals surface area (Å²) in [6, 6.07) is 2.17. The molecule has 9 heteroatoms. The van der Waals surface area contributed by atoms with Crippen LogP contribution >= 0.6 is 0 Å². The summed E-state index contributed by atoms with van der Waals surface area (Å²) in [5.41, 5.74) is 1.68. The average molecular weight is 442 g/mol. The van der Waals surface area contributed by atoms with E-state index in [0.717, 1.165) is 43.6 Å². The molecular formula is C23H31N5O4. The maximum absolute atomic E-state index is 13.2. The minimum Gasteiger partial charge on any atom is -0.381 e. The number of likely N-dealkylation sites (tertiary alicyclic amines) is 2. The molecule has 1 spiro atoms. The summed E-state index contributed by atoms with van der Waals surface area (Å²) in [5, 5.41) is 0. The standard InChI is InChI=1S/C23H31N5O4/c1-26-14-18(31-2)12-23(22(26)30)5-7-27(8-6-23)21(29)16-11-19-20(24-13-16)28(15-25-19)17-3-9-32-10-4-17/h11,13,15,17-18H,3-10,12,14H2,1-2H3. The van der Waals surface area contributed by atoms with Gasteiger partial charge in [0.15, 0.2) is 5.65 Å². The highest BCUT2D eigenvalue weighted by Gasteiger charge is 2.48. The first-order valence-corrected chi connectivity index (χ1v) is 11.5. The molecule has 0 aromatic carbocycles. The molecule has 5 rings (SSSR count). The number of aromatic nitrogens is 3. The third-order valence-electron chi connectivity index (χ3n) is 7.48. The van der Waals surface area contributed by atoms with E-state index in [4.69, 9.17) is 9.47 Å². The van der Waals surface area contributed by atoms with Crippen LogP contribution in [0.1, 0.15) is 48.5 Å². The summed E-state index contributed by atoms with van der Waals surface area (Å²) in [7, 11) is 3.54. The number of imidazole rings is 1. The highest BCUT2D eigenvalue weighted by Crippen LogP contribution is 2.41. The Morgan fingerprint density at radius 2 is 1.97 bits per heavy atom. The molecule has 3 aliphatic heterocycles. The summed E-state index contributed by atoms with van der Waals surface area (Å²) in [6.07, 6.45) is 7.48. The molecular weight excluding hydrogens is 410 g/mol. The minimum absolute atomic E-state index is 0.0465. The van der Waals surface area contributed by atoms with Crippen molar-refractivity contribution in [2.24, 2.45) is 5.41 Å². The van der Waals surface area contributed by atoms with Crippen molar-refractivity contribution in [1.29, 1.82) is 0 Å². The molecule has 32 heavy (non-hydrogen) atoms. The van der Waals surface area contributed by atoms with Gasteiger partial charge in [-0.1, -0.05) is 0 Å². The molecule has 2 amide bonds. The largest absolute Gasteiger partial charge is 0.381 e. The van der Waals surface area contributed by atoms with Crippen LogP contribution < -0.4 is 0 Å². The number of nitrogens with zero attached hydrogens (tertiary/aromatic N) is 5. The predicted molar refractivity (Wildman–Crippen MR) is 117 cm³/mol. The Bertz CT molecular complexity index is 1010. The van der Waals surface area contributed by atoms with E-state index in [9.17, 15) is 9.59 Å². The number of pyridine rings is 1. The highest BCUT2D eigenvalue weighted by atomic mass is 16.5. The van der Waals surface area contributed by atoms with E-state index in [2.05, 4.69) is 14.5 Å². The van der Waals surface area contributed by atoms with Crippen LogP contribution in [-0.2, 0) is 14.3 Å². The number of hydrogen-bond donors (Lipinski definition) is 0. The number of likely N-dealkylation sites (N-methyl/N-ethyl adjacent to an activating group) is 1. The second kappa shape index (κ2) is 8.44. The molecule has 3 fully saturated rings. The van der Waals surface area contributed by atoms with Gasteiger partial charge in [-0.15, -0.1) is 0 Å². The number of hydrogen-bond acceptors (Lipinski definition) is 6. The third kappa shape index (κ3) is 3.67. The van der Waals surface area contributed by atoms with E-state index in [1.165, 1.54) is 0 Å². The monoisotopic (exact) mass is 441 g/mol. The van der Waals surface area contributed by atoms with Gasteiger partial charge in [0.2, 0.25) is 5.91 Å². The van der Waals surface area contributed by atoms with Crippen molar-refractivity contribution in [1.82, 2.24) is 24.3 Å². The highest BCUT2D eigenvalue weighted by molar-refractivity contribution is 5.96. The number of carbonyl (C=O) groups is 2. The summed E-state index contributed by atoms with van der Waals surface area (Å²) in [5.74, 6) is 0.134. The molecule has 0 radical (unpaired) electrons. The lowest BCUT2D eigenvalue weighted by Gasteiger charge is -2.47. The number of amides is 2. The lowest BCUT2D eigenvalue weighted by Crippen LogP contribution is -2.57. The zero-order valence-corrected chi connectivity index (χ0v) is 18.8. The molecule has 2 aromatic heterocycles. The quantitative estimate of drug-likeness (QED) is 0.723. The number of rotatable bonds is 3. The van der Waals surface area contributed by atoms with Crippen molar-refractivity contribution in [3.8, 4) is 0 Å². The lowest BCUT2D eigenvalue weighted by molar-refractivity contribution is -0.155. The predicted octanol–water partition coefficient (Wildman–Crippen LogP) is 1.88. The van der Waals surface area contributed by atoms with Gasteiger partial charge in [-0.3, -0.25) is 9.59 Å². The fourth-order valence-corrected chi connectivity index (χ4v) is 5.54. The number of piperidine rings is 2. The van der Waals surface area contributed by atoms with Gasteiger partial charge < -0.3 is 23.8 Å². The van der Waals surface area contributed by atoms with Crippen molar-refractivity contribution >= 4 is 23.0 Å². The molecule has 5 heterocycles. The average Bonchev–Trinajstić information content (AvgIpc) is 3.26. The van der Waals surface area contributed by atoms with Crippen LogP contribution in [0.3, 0.4) is 0 Å². The topological polar surface area (TPSA) is 89.8 Å². The minimum atomic E-state index is -0.421. The summed E-state index contributed by atoms with van der Waals surface area (Å²) >= 11 is 0. The summed E-state index contributed by atoms with van der Waals surface area (Å²) < 4.78 is 13.1. The van der Waals surface area contributed by atoms with Crippen molar-refractivity contribution in [3.05, 3.63) is 24.2 Å². The van der Waals surface area contributed by atoms with Crippen molar-refractivity contribution in [2.75, 3.05) is 47.0 Å². The maximum atomic E-state index is 13.2. The fourth-order valence-electron chi connectivity index (χ4n) is 5.54. The second-order valence-corrected chi connectivity index (χ2v) is 9.38. The smallest absolute Gasteiger partial charge is 0.255 e. The molecule has 0 bridgehead atoms. The van der Waals surface area contributed by atoms with Gasteiger partial charge >= 0.3 is 0 Å². The molecule has 0 aliphatic carbocycles. The zero-order chi connectivity index (χ0) is 22.3. The van der Waals surface area contributed by atoms with Crippen LogP contribution in [-0.4, -0.2) is 89.3 Å². The van der Waals surface area contributed by atoms with Gasteiger partial charge in [0.05, 0.1) is 23.4 Å². The Hall–Kier alpha value is -2.52. The second-order valence-electron chi connectivity index (χ2n) is 9.38. The molecule has 1 unspecified atom stereocenters. The molecule has 3 saturated heterocycles. The Kier molecular flexibility index (Phi) is 5.63. The van der Waals surface area contributed by atoms with E-state index >= 15 is 0 Å². The van der Waals surface area contributed by atoms with E-state index < -0.39 is 5.41 Å². The Labute approximate surface area is 187 Å². The normalized spacial score (nSPS) is 24.4. The van der Waals surface area contributed by atoms with E-state index in [1.807, 2.05) is 24.3 Å². The van der Waals surface area contributed by atoms with Gasteiger partial charge in [0.25, 0.3) is 5.91 Å². The van der Waals surface area contributed by atoms with Crippen LogP contribution in [0.25, 0.3) is 11.2 Å². The van der Waals surface area contributed by atoms with Crippen LogP contribution in [0.4, 0.5) is 0 Å². The number of fused-ring (bicyclic) bond motifs is 1. The summed E-state index contributed by atoms with van der Waals surface area (Å²) in [6.45, 7) is 3.25. The Balaban J connectivity index is 1.29. The number of carbonyl (C=O) groups excluding carboxylic acids is 2.